The number of likely N-dealkylation sites (N-methyl/N-ethyl adjacent to an activating group) is 1. The monoisotopic (exact) mass is 676 g/mol. The van der Waals surface area contributed by atoms with E-state index in [2.05, 4.69) is 10.2 Å². The number of nitro benzene ring substituents is 1. The van der Waals surface area contributed by atoms with Crippen molar-refractivity contribution >= 4 is 23.5 Å². The van der Waals surface area contributed by atoms with Gasteiger partial charge in [-0.1, -0.05) is 42.5 Å². The van der Waals surface area contributed by atoms with Crippen LogP contribution in [-0.2, 0) is 29.3 Å². The van der Waals surface area contributed by atoms with Crippen molar-refractivity contribution in [3.05, 3.63) is 99.4 Å². The number of allylic oxidation sites excluding steroid dienone is 2. The quantitative estimate of drug-likeness (QED) is 0.0888. The van der Waals surface area contributed by atoms with Gasteiger partial charge < -0.3 is 35.2 Å². The number of nitro groups is 1. The van der Waals surface area contributed by atoms with Gasteiger partial charge in [-0.25, -0.2) is 0 Å². The first-order valence-electron chi connectivity index (χ1n) is 16.9. The molecule has 4 rings (SSSR count). The number of benzene rings is 2. The first-order chi connectivity index (χ1) is 23.6. The predicted octanol–water partition coefficient (Wildman–Crippen LogP) is 3.28. The van der Waals surface area contributed by atoms with E-state index in [1.807, 2.05) is 44.2 Å². The summed E-state index contributed by atoms with van der Waals surface area (Å²) in [6, 6.07) is 15.9. The number of rotatable bonds is 16. The zero-order chi connectivity index (χ0) is 35.4. The molecule has 13 heteroatoms. The Hall–Kier alpha value is -4.59. The first-order valence-corrected chi connectivity index (χ1v) is 16.9. The number of amides is 2. The normalized spacial score (nSPS) is 17.3. The van der Waals surface area contributed by atoms with Crippen LogP contribution in [-0.4, -0.2) is 104 Å². The van der Waals surface area contributed by atoms with E-state index < -0.39 is 16.3 Å². The number of dihydropyridines is 1. The Morgan fingerprint density at radius 2 is 1.67 bits per heavy atom. The lowest BCUT2D eigenvalue weighted by atomic mass is 9.72. The Balaban J connectivity index is 1.47. The fourth-order valence-corrected chi connectivity index (χ4v) is 6.18. The summed E-state index contributed by atoms with van der Waals surface area (Å²) in [5, 5.41) is 14.3. The molecule has 1 atom stereocenters. The molecule has 3 N–H and O–H groups in total. The van der Waals surface area contributed by atoms with Crippen molar-refractivity contribution in [3.8, 4) is 0 Å². The number of non-ortho nitro benzene ring substituents is 1. The van der Waals surface area contributed by atoms with Gasteiger partial charge in [0.1, 0.15) is 18.1 Å². The number of hydrogen-bond donors (Lipinski definition) is 2. The van der Waals surface area contributed by atoms with Crippen LogP contribution in [0.15, 0.2) is 78.1 Å². The molecule has 0 aliphatic carbocycles. The highest BCUT2D eigenvalue weighted by molar-refractivity contribution is 5.99. The summed E-state index contributed by atoms with van der Waals surface area (Å²) in [6.45, 7) is 7.55. The molecule has 0 bridgehead atoms. The number of piperidine rings is 1. The van der Waals surface area contributed by atoms with Crippen LogP contribution in [0.5, 0.6) is 0 Å². The minimum Gasteiger partial charge on any atom is -0.465 e. The fourth-order valence-electron chi connectivity index (χ4n) is 6.18. The van der Waals surface area contributed by atoms with E-state index in [0.717, 1.165) is 5.56 Å². The maximum Gasteiger partial charge on any atom is 0.316 e. The van der Waals surface area contributed by atoms with Gasteiger partial charge in [-0.15, -0.1) is 0 Å². The summed E-state index contributed by atoms with van der Waals surface area (Å²) < 4.78 is 11.2. The highest BCUT2D eigenvalue weighted by atomic mass is 16.6. The number of nitrogens with one attached hydrogen (secondary N) is 1. The summed E-state index contributed by atoms with van der Waals surface area (Å²) in [7, 11) is 1.68. The highest BCUT2D eigenvalue weighted by Gasteiger charge is 2.44. The van der Waals surface area contributed by atoms with Crippen LogP contribution in [0.4, 0.5) is 5.69 Å². The molecule has 2 amide bonds. The van der Waals surface area contributed by atoms with Crippen LogP contribution in [0.25, 0.3) is 0 Å². The van der Waals surface area contributed by atoms with Crippen LogP contribution in [0.1, 0.15) is 50.2 Å². The van der Waals surface area contributed by atoms with Crippen molar-refractivity contribution in [3.63, 3.8) is 0 Å². The Kier molecular flexibility index (Phi) is 13.5. The van der Waals surface area contributed by atoms with Gasteiger partial charge in [0.05, 0.1) is 23.6 Å². The number of nitrogens with zero attached hydrogens (tertiary/aromatic N) is 4. The van der Waals surface area contributed by atoms with E-state index in [1.165, 1.54) is 17.0 Å². The molecule has 2 aliphatic heterocycles. The van der Waals surface area contributed by atoms with E-state index in [9.17, 15) is 24.5 Å². The average Bonchev–Trinajstić information content (AvgIpc) is 3.13. The molecule has 2 heterocycles. The van der Waals surface area contributed by atoms with Crippen LogP contribution >= 0.6 is 0 Å². The van der Waals surface area contributed by atoms with E-state index in [0.29, 0.717) is 70.7 Å². The van der Waals surface area contributed by atoms with Gasteiger partial charge in [-0.3, -0.25) is 24.5 Å². The molecule has 2 aromatic rings. The van der Waals surface area contributed by atoms with Gasteiger partial charge in [-0.05, 0) is 76.0 Å². The average molecular weight is 677 g/mol. The number of esters is 1. The molecule has 0 saturated carbocycles. The molecular formula is C36H48N6O7. The van der Waals surface area contributed by atoms with Crippen LogP contribution < -0.4 is 11.1 Å². The van der Waals surface area contributed by atoms with Gasteiger partial charge >= 0.3 is 5.97 Å². The molecular weight excluding hydrogens is 628 g/mol. The molecule has 0 aromatic heterocycles. The molecule has 1 unspecified atom stereocenters. The maximum absolute atomic E-state index is 14.1. The zero-order valence-electron chi connectivity index (χ0n) is 28.6. The minimum atomic E-state index is -0.681. The molecule has 0 radical (unpaired) electrons. The summed E-state index contributed by atoms with van der Waals surface area (Å²) in [4.78, 5) is 56.7. The van der Waals surface area contributed by atoms with Crippen molar-refractivity contribution < 1.29 is 28.8 Å². The molecule has 49 heavy (non-hydrogen) atoms. The van der Waals surface area contributed by atoms with Crippen molar-refractivity contribution in [1.29, 1.82) is 0 Å². The van der Waals surface area contributed by atoms with Gasteiger partial charge in [0, 0.05) is 44.7 Å². The third kappa shape index (κ3) is 9.31. The standard InChI is InChI=1S/C36H48N6O7/c1-4-39(3)33(43)31-24-28(27-12-14-30(15-13-27)42(46)47)25-32(38-31)34(44)41(26-48-23-18-37)20-9-19-40-21-16-36(17-22-40,35(45)49-5-2)29-10-7-6-8-11-29/h6-8,10-15,24-25,28,38H,4-5,9,16-23,26,37H2,1-3H3. The number of carbonyl (C=O) groups is 3. The molecule has 0 spiro atoms. The van der Waals surface area contributed by atoms with Gasteiger partial charge in [0.2, 0.25) is 0 Å². The summed E-state index contributed by atoms with van der Waals surface area (Å²) in [5.74, 6) is -1.29. The molecule has 1 saturated heterocycles. The van der Waals surface area contributed by atoms with Crippen LogP contribution in [0.2, 0.25) is 0 Å². The lowest BCUT2D eigenvalue weighted by molar-refractivity contribution is -0.384. The number of likely N-dealkylation sites (tertiary alicyclic amines) is 1. The Morgan fingerprint density at radius 3 is 2.27 bits per heavy atom. The third-order valence-corrected chi connectivity index (χ3v) is 9.13. The van der Waals surface area contributed by atoms with E-state index >= 15 is 0 Å². The third-order valence-electron chi connectivity index (χ3n) is 9.13. The molecule has 1 fully saturated rings. The number of nitrogens with two attached hydrogens (primary N) is 1. The summed E-state index contributed by atoms with van der Waals surface area (Å²) in [6.07, 6.45) is 5.37. The smallest absolute Gasteiger partial charge is 0.316 e. The fraction of sp³-hybridized carbons (Fsp3) is 0.472. The van der Waals surface area contributed by atoms with Crippen molar-refractivity contribution in [2.24, 2.45) is 5.73 Å². The van der Waals surface area contributed by atoms with E-state index in [1.54, 1.807) is 36.2 Å². The first kappa shape index (κ1) is 37.2. The molecule has 264 valence electrons. The zero-order valence-corrected chi connectivity index (χ0v) is 28.6. The van der Waals surface area contributed by atoms with Crippen LogP contribution in [0.3, 0.4) is 0 Å². The highest BCUT2D eigenvalue weighted by Crippen LogP contribution is 2.37. The summed E-state index contributed by atoms with van der Waals surface area (Å²) >= 11 is 0. The molecule has 2 aliphatic rings. The largest absolute Gasteiger partial charge is 0.465 e. The Morgan fingerprint density at radius 1 is 1.02 bits per heavy atom. The van der Waals surface area contributed by atoms with Crippen molar-refractivity contribution in [2.45, 2.75) is 44.4 Å². The molecule has 2 aromatic carbocycles. The maximum atomic E-state index is 14.1. The van der Waals surface area contributed by atoms with Gasteiger partial charge in [-0.2, -0.15) is 0 Å². The SMILES string of the molecule is CCOC(=O)C1(c2ccccc2)CCN(CCCN(COCCN)C(=O)C2=CC(c3ccc([N+](=O)[O-])cc3)C=C(C(=O)N(C)CC)N2)CC1. The van der Waals surface area contributed by atoms with Crippen molar-refractivity contribution in [1.82, 2.24) is 20.0 Å². The number of hydrogen-bond acceptors (Lipinski definition) is 10. The van der Waals surface area contributed by atoms with Crippen LogP contribution in [0, 0.1) is 10.1 Å². The molecule has 13 nitrogen and oxygen atoms in total. The second kappa shape index (κ2) is 17.7. The lowest BCUT2D eigenvalue weighted by Crippen LogP contribution is -2.48. The second-order valence-electron chi connectivity index (χ2n) is 12.2. The number of carbonyl (C=O) groups excluding carboxylic acids is 3. The Labute approximate surface area is 287 Å². The van der Waals surface area contributed by atoms with E-state index in [4.69, 9.17) is 15.2 Å². The van der Waals surface area contributed by atoms with E-state index in [-0.39, 0.29) is 48.2 Å². The predicted molar refractivity (Wildman–Crippen MR) is 185 cm³/mol. The number of ether oxygens (including phenoxy) is 2. The summed E-state index contributed by atoms with van der Waals surface area (Å²) in [5.41, 5.74) is 7.07. The van der Waals surface area contributed by atoms with Gasteiger partial charge in [0.25, 0.3) is 17.5 Å². The Bertz CT molecular complexity index is 1500. The topological polar surface area (TPSA) is 161 Å². The second-order valence-corrected chi connectivity index (χ2v) is 12.2. The minimum absolute atomic E-state index is 0.0130. The lowest BCUT2D eigenvalue weighted by Gasteiger charge is -2.40. The van der Waals surface area contributed by atoms with Gasteiger partial charge in [0.15, 0.2) is 0 Å². The van der Waals surface area contributed by atoms with Crippen molar-refractivity contribution in [2.75, 3.05) is 66.3 Å².